The zero-order valence-corrected chi connectivity index (χ0v) is 15.1. The monoisotopic (exact) mass is 347 g/mol. The summed E-state index contributed by atoms with van der Waals surface area (Å²) >= 11 is 0. The van der Waals surface area contributed by atoms with Crippen LogP contribution in [0.3, 0.4) is 0 Å². The molecule has 0 unspecified atom stereocenters. The van der Waals surface area contributed by atoms with Crippen molar-refractivity contribution in [2.24, 2.45) is 0 Å². The SMILES string of the molecule is COc1ccc(Nc2ncnc(NCCCOC(C)C)n2)cc1OC. The lowest BCUT2D eigenvalue weighted by atomic mass is 10.3. The summed E-state index contributed by atoms with van der Waals surface area (Å²) in [5.74, 6) is 2.25. The summed E-state index contributed by atoms with van der Waals surface area (Å²) in [6.07, 6.45) is 2.58. The molecule has 25 heavy (non-hydrogen) atoms. The number of hydrogen-bond donors (Lipinski definition) is 2. The standard InChI is InChI=1S/C17H25N5O3/c1-12(2)25-9-5-8-18-16-19-11-20-17(22-16)21-13-6-7-14(23-3)15(10-13)24-4/h6-7,10-12H,5,8-9H2,1-4H3,(H2,18,19,20,21,22). The van der Waals surface area contributed by atoms with Gasteiger partial charge in [0.15, 0.2) is 11.5 Å². The molecular weight excluding hydrogens is 322 g/mol. The highest BCUT2D eigenvalue weighted by atomic mass is 16.5. The predicted octanol–water partition coefficient (Wildman–Crippen LogP) is 2.86. The first kappa shape index (κ1) is 18.7. The van der Waals surface area contributed by atoms with Gasteiger partial charge in [-0.1, -0.05) is 0 Å². The van der Waals surface area contributed by atoms with E-state index >= 15 is 0 Å². The van der Waals surface area contributed by atoms with Crippen LogP contribution < -0.4 is 20.1 Å². The zero-order chi connectivity index (χ0) is 18.1. The maximum atomic E-state index is 5.50. The Morgan fingerprint density at radius 1 is 1.04 bits per heavy atom. The maximum Gasteiger partial charge on any atom is 0.231 e. The molecule has 0 bridgehead atoms. The van der Waals surface area contributed by atoms with E-state index in [4.69, 9.17) is 14.2 Å². The molecule has 8 heteroatoms. The van der Waals surface area contributed by atoms with E-state index < -0.39 is 0 Å². The minimum absolute atomic E-state index is 0.245. The number of anilines is 3. The summed E-state index contributed by atoms with van der Waals surface area (Å²) < 4.78 is 16.0. The second kappa shape index (κ2) is 9.63. The zero-order valence-electron chi connectivity index (χ0n) is 15.1. The Labute approximate surface area is 148 Å². The van der Waals surface area contributed by atoms with Crippen LogP contribution in [0.1, 0.15) is 20.3 Å². The average Bonchev–Trinajstić information content (AvgIpc) is 2.61. The topological polar surface area (TPSA) is 90.4 Å². The molecule has 0 fully saturated rings. The van der Waals surface area contributed by atoms with Gasteiger partial charge in [0.05, 0.1) is 20.3 Å². The fourth-order valence-electron chi connectivity index (χ4n) is 2.08. The molecule has 8 nitrogen and oxygen atoms in total. The summed E-state index contributed by atoms with van der Waals surface area (Å²) in [5.41, 5.74) is 0.792. The van der Waals surface area contributed by atoms with Crippen LogP contribution in [0.15, 0.2) is 24.5 Å². The first-order valence-corrected chi connectivity index (χ1v) is 8.16. The third-order valence-electron chi connectivity index (χ3n) is 3.27. The van der Waals surface area contributed by atoms with Gasteiger partial charge in [0.1, 0.15) is 6.33 Å². The Kier molecular flexibility index (Phi) is 7.21. The van der Waals surface area contributed by atoms with Crippen molar-refractivity contribution < 1.29 is 14.2 Å². The quantitative estimate of drug-likeness (QED) is 0.634. The van der Waals surface area contributed by atoms with E-state index in [2.05, 4.69) is 25.6 Å². The third-order valence-corrected chi connectivity index (χ3v) is 3.27. The van der Waals surface area contributed by atoms with Crippen molar-refractivity contribution >= 4 is 17.6 Å². The Balaban J connectivity index is 1.92. The number of nitrogens with zero attached hydrogens (tertiary/aromatic N) is 3. The normalized spacial score (nSPS) is 10.6. The van der Waals surface area contributed by atoms with E-state index in [1.807, 2.05) is 32.0 Å². The van der Waals surface area contributed by atoms with Gasteiger partial charge in [0.25, 0.3) is 0 Å². The van der Waals surface area contributed by atoms with Crippen molar-refractivity contribution in [2.45, 2.75) is 26.4 Å². The second-order valence-corrected chi connectivity index (χ2v) is 5.53. The van der Waals surface area contributed by atoms with Gasteiger partial charge in [-0.3, -0.25) is 0 Å². The van der Waals surface area contributed by atoms with Crippen molar-refractivity contribution in [3.63, 3.8) is 0 Å². The number of aromatic nitrogens is 3. The smallest absolute Gasteiger partial charge is 0.231 e. The molecule has 0 aliphatic heterocycles. The molecular formula is C17H25N5O3. The largest absolute Gasteiger partial charge is 0.493 e. The number of benzene rings is 1. The van der Waals surface area contributed by atoms with Crippen LogP contribution >= 0.6 is 0 Å². The Morgan fingerprint density at radius 3 is 2.52 bits per heavy atom. The number of nitrogens with one attached hydrogen (secondary N) is 2. The highest BCUT2D eigenvalue weighted by Crippen LogP contribution is 2.30. The highest BCUT2D eigenvalue weighted by molar-refractivity contribution is 5.60. The number of methoxy groups -OCH3 is 2. The molecule has 2 N–H and O–H groups in total. The van der Waals surface area contributed by atoms with Crippen molar-refractivity contribution in [1.82, 2.24) is 15.0 Å². The summed E-state index contributed by atoms with van der Waals surface area (Å²) in [4.78, 5) is 12.6. The van der Waals surface area contributed by atoms with Crippen LogP contribution in [0, 0.1) is 0 Å². The second-order valence-electron chi connectivity index (χ2n) is 5.53. The molecule has 0 aliphatic carbocycles. The predicted molar refractivity (Wildman–Crippen MR) is 96.9 cm³/mol. The van der Waals surface area contributed by atoms with Crippen molar-refractivity contribution in [2.75, 3.05) is 38.0 Å². The minimum atomic E-state index is 0.245. The molecule has 136 valence electrons. The van der Waals surface area contributed by atoms with Gasteiger partial charge in [-0.15, -0.1) is 0 Å². The summed E-state index contributed by atoms with van der Waals surface area (Å²) in [6.45, 7) is 5.47. The number of ether oxygens (including phenoxy) is 3. The van der Waals surface area contributed by atoms with E-state index in [0.717, 1.165) is 18.7 Å². The highest BCUT2D eigenvalue weighted by Gasteiger charge is 2.06. The van der Waals surface area contributed by atoms with Crippen molar-refractivity contribution in [1.29, 1.82) is 0 Å². The summed E-state index contributed by atoms with van der Waals surface area (Å²) in [5, 5.41) is 6.28. The van der Waals surface area contributed by atoms with Crippen LogP contribution in [-0.4, -0.2) is 48.4 Å². The molecule has 0 saturated heterocycles. The van der Waals surface area contributed by atoms with E-state index in [-0.39, 0.29) is 6.10 Å². The van der Waals surface area contributed by atoms with Gasteiger partial charge < -0.3 is 24.8 Å². The van der Waals surface area contributed by atoms with Crippen molar-refractivity contribution in [3.05, 3.63) is 24.5 Å². The van der Waals surface area contributed by atoms with Gasteiger partial charge >= 0.3 is 0 Å². The lowest BCUT2D eigenvalue weighted by Gasteiger charge is -2.11. The third kappa shape index (κ3) is 6.07. The molecule has 1 aromatic heterocycles. The molecule has 2 rings (SSSR count). The summed E-state index contributed by atoms with van der Waals surface area (Å²) in [7, 11) is 3.19. The van der Waals surface area contributed by atoms with Gasteiger partial charge in [-0.05, 0) is 32.4 Å². The molecule has 0 amide bonds. The Hall–Kier alpha value is -2.61. The van der Waals surface area contributed by atoms with Crippen LogP contribution in [0.4, 0.5) is 17.6 Å². The summed E-state index contributed by atoms with van der Waals surface area (Å²) in [6, 6.07) is 5.50. The van der Waals surface area contributed by atoms with Crippen molar-refractivity contribution in [3.8, 4) is 11.5 Å². The Bertz CT molecular complexity index is 666. The maximum absolute atomic E-state index is 5.50. The average molecular weight is 347 g/mol. The van der Waals surface area contributed by atoms with Crippen LogP contribution in [0.5, 0.6) is 11.5 Å². The first-order valence-electron chi connectivity index (χ1n) is 8.16. The fraction of sp³-hybridized carbons (Fsp3) is 0.471. The molecule has 1 aromatic carbocycles. The number of hydrogen-bond acceptors (Lipinski definition) is 8. The molecule has 0 saturated carbocycles. The molecule has 0 radical (unpaired) electrons. The lowest BCUT2D eigenvalue weighted by molar-refractivity contribution is 0.0787. The molecule has 1 heterocycles. The van der Waals surface area contributed by atoms with Gasteiger partial charge in [0, 0.05) is 24.9 Å². The van der Waals surface area contributed by atoms with Crippen LogP contribution in [0.25, 0.3) is 0 Å². The molecule has 0 atom stereocenters. The van der Waals surface area contributed by atoms with Gasteiger partial charge in [0.2, 0.25) is 11.9 Å². The number of rotatable bonds is 10. The van der Waals surface area contributed by atoms with E-state index in [1.165, 1.54) is 6.33 Å². The molecule has 2 aromatic rings. The Morgan fingerprint density at radius 2 is 1.80 bits per heavy atom. The van der Waals surface area contributed by atoms with Crippen LogP contribution in [-0.2, 0) is 4.74 Å². The minimum Gasteiger partial charge on any atom is -0.493 e. The van der Waals surface area contributed by atoms with E-state index in [9.17, 15) is 0 Å². The first-order chi connectivity index (χ1) is 12.1. The van der Waals surface area contributed by atoms with Crippen LogP contribution in [0.2, 0.25) is 0 Å². The van der Waals surface area contributed by atoms with E-state index in [1.54, 1.807) is 14.2 Å². The lowest BCUT2D eigenvalue weighted by Crippen LogP contribution is -2.11. The molecule has 0 aliphatic rings. The van der Waals surface area contributed by atoms with Gasteiger partial charge in [-0.2, -0.15) is 4.98 Å². The van der Waals surface area contributed by atoms with Gasteiger partial charge in [-0.25, -0.2) is 9.97 Å². The fourth-order valence-corrected chi connectivity index (χ4v) is 2.08. The molecule has 0 spiro atoms. The van der Waals surface area contributed by atoms with E-state index in [0.29, 0.717) is 30.0 Å².